The highest BCUT2D eigenvalue weighted by Crippen LogP contribution is 2.31. The first-order valence-corrected chi connectivity index (χ1v) is 8.44. The van der Waals surface area contributed by atoms with Crippen LogP contribution in [-0.4, -0.2) is 39.2 Å². The summed E-state index contributed by atoms with van der Waals surface area (Å²) in [4.78, 5) is 18.6. The molecule has 1 atom stereocenters. The molecule has 1 aliphatic heterocycles. The second-order valence-electron chi connectivity index (χ2n) is 6.10. The Morgan fingerprint density at radius 2 is 2.12 bits per heavy atom. The number of amides is 1. The molecule has 0 saturated carbocycles. The molecule has 130 valence electrons. The van der Waals surface area contributed by atoms with Gasteiger partial charge < -0.3 is 9.64 Å². The average molecular weight is 339 g/mol. The Bertz CT molecular complexity index is 763. The van der Waals surface area contributed by atoms with Crippen LogP contribution in [0.15, 0.2) is 30.6 Å². The number of ether oxygens (including phenoxy) is 1. The Hall–Kier alpha value is -2.88. The topological polar surface area (TPSA) is 84.0 Å². The zero-order chi connectivity index (χ0) is 17.6. The minimum Gasteiger partial charge on any atom is -0.497 e. The average Bonchev–Trinajstić information content (AvgIpc) is 2.95. The van der Waals surface area contributed by atoms with Gasteiger partial charge in [0, 0.05) is 6.54 Å². The van der Waals surface area contributed by atoms with Gasteiger partial charge in [-0.05, 0) is 30.5 Å². The van der Waals surface area contributed by atoms with Crippen LogP contribution in [0.25, 0.3) is 0 Å². The van der Waals surface area contributed by atoms with Crippen LogP contribution in [-0.2, 0) is 11.3 Å². The molecular weight excluding hydrogens is 318 g/mol. The van der Waals surface area contributed by atoms with Gasteiger partial charge in [0.25, 0.3) is 5.82 Å². The number of carbonyl (C=O) groups excluding carboxylic acids is 1. The first-order valence-electron chi connectivity index (χ1n) is 8.44. The van der Waals surface area contributed by atoms with E-state index in [2.05, 4.69) is 10.1 Å². The summed E-state index contributed by atoms with van der Waals surface area (Å²) in [6.45, 7) is 0.830. The molecule has 7 heteroatoms. The van der Waals surface area contributed by atoms with Crippen LogP contribution in [0.5, 0.6) is 5.75 Å². The van der Waals surface area contributed by atoms with Crippen molar-refractivity contribution < 1.29 is 9.53 Å². The van der Waals surface area contributed by atoms with Crippen LogP contribution in [0, 0.1) is 11.3 Å². The molecule has 1 fully saturated rings. The van der Waals surface area contributed by atoms with Crippen molar-refractivity contribution >= 4 is 5.91 Å². The summed E-state index contributed by atoms with van der Waals surface area (Å²) in [5, 5.41) is 12.8. The third-order valence-corrected chi connectivity index (χ3v) is 4.51. The van der Waals surface area contributed by atoms with E-state index in [0.717, 1.165) is 43.5 Å². The number of rotatable bonds is 4. The number of benzene rings is 1. The lowest BCUT2D eigenvalue weighted by Crippen LogP contribution is -2.37. The Balaban J connectivity index is 1.79. The molecule has 1 aliphatic rings. The summed E-state index contributed by atoms with van der Waals surface area (Å²) in [5.41, 5.74) is 1.12. The van der Waals surface area contributed by atoms with Crippen molar-refractivity contribution in [3.05, 3.63) is 42.0 Å². The fraction of sp³-hybridized carbons (Fsp3) is 0.444. The van der Waals surface area contributed by atoms with E-state index >= 15 is 0 Å². The molecule has 0 spiro atoms. The van der Waals surface area contributed by atoms with Crippen molar-refractivity contribution in [1.82, 2.24) is 19.7 Å². The molecule has 0 aliphatic carbocycles. The number of hydrogen-bond acceptors (Lipinski definition) is 5. The molecule has 1 aromatic carbocycles. The zero-order valence-corrected chi connectivity index (χ0v) is 14.3. The predicted octanol–water partition coefficient (Wildman–Crippen LogP) is 2.30. The number of aromatic nitrogens is 3. The van der Waals surface area contributed by atoms with E-state index < -0.39 is 0 Å². The van der Waals surface area contributed by atoms with Gasteiger partial charge in [-0.1, -0.05) is 25.0 Å². The summed E-state index contributed by atoms with van der Waals surface area (Å²) in [5.74, 6) is 0.884. The van der Waals surface area contributed by atoms with Crippen molar-refractivity contribution in [2.75, 3.05) is 13.7 Å². The molecule has 1 saturated heterocycles. The van der Waals surface area contributed by atoms with Gasteiger partial charge in [0.1, 0.15) is 24.7 Å². The van der Waals surface area contributed by atoms with E-state index in [9.17, 15) is 4.79 Å². The van der Waals surface area contributed by atoms with Crippen molar-refractivity contribution in [2.24, 2.45) is 0 Å². The molecule has 3 rings (SSSR count). The lowest BCUT2D eigenvalue weighted by Gasteiger charge is -2.30. The first-order chi connectivity index (χ1) is 12.2. The van der Waals surface area contributed by atoms with Crippen LogP contribution in [0.2, 0.25) is 0 Å². The zero-order valence-electron chi connectivity index (χ0n) is 14.3. The fourth-order valence-electron chi connectivity index (χ4n) is 3.23. The van der Waals surface area contributed by atoms with Gasteiger partial charge >= 0.3 is 0 Å². The summed E-state index contributed by atoms with van der Waals surface area (Å²) < 4.78 is 6.65. The molecule has 1 unspecified atom stereocenters. The number of nitriles is 1. The predicted molar refractivity (Wildman–Crippen MR) is 90.7 cm³/mol. The maximum atomic E-state index is 12.9. The molecule has 25 heavy (non-hydrogen) atoms. The molecule has 2 heterocycles. The highest BCUT2D eigenvalue weighted by Gasteiger charge is 2.27. The van der Waals surface area contributed by atoms with Crippen LogP contribution >= 0.6 is 0 Å². The van der Waals surface area contributed by atoms with Gasteiger partial charge in [-0.2, -0.15) is 5.26 Å². The number of methoxy groups -OCH3 is 1. The second-order valence-corrected chi connectivity index (χ2v) is 6.10. The summed E-state index contributed by atoms with van der Waals surface area (Å²) in [6.07, 6.45) is 5.59. The van der Waals surface area contributed by atoms with E-state index in [4.69, 9.17) is 10.00 Å². The normalized spacial score (nSPS) is 17.6. The van der Waals surface area contributed by atoms with Crippen molar-refractivity contribution in [1.29, 1.82) is 5.26 Å². The SMILES string of the molecule is COc1ccc(C2CCCCCN2C(=O)Cn2cnc(C#N)n2)cc1. The smallest absolute Gasteiger partial charge is 0.252 e. The van der Waals surface area contributed by atoms with Gasteiger partial charge in [-0.3, -0.25) is 4.79 Å². The van der Waals surface area contributed by atoms with E-state index in [0.29, 0.717) is 0 Å². The van der Waals surface area contributed by atoms with Crippen molar-refractivity contribution in [3.8, 4) is 11.8 Å². The van der Waals surface area contributed by atoms with Gasteiger partial charge in [0.05, 0.1) is 13.2 Å². The molecule has 0 N–H and O–H groups in total. The number of likely N-dealkylation sites (tertiary alicyclic amines) is 1. The summed E-state index contributed by atoms with van der Waals surface area (Å²) in [6, 6.07) is 9.84. The highest BCUT2D eigenvalue weighted by atomic mass is 16.5. The van der Waals surface area contributed by atoms with E-state index in [-0.39, 0.29) is 24.3 Å². The Morgan fingerprint density at radius 3 is 2.80 bits per heavy atom. The standard InChI is InChI=1S/C18H21N5O2/c1-25-15-8-6-14(7-9-15)16-5-3-2-4-10-23(16)18(24)12-22-13-20-17(11-19)21-22/h6-9,13,16H,2-5,10,12H2,1H3. The van der Waals surface area contributed by atoms with Crippen molar-refractivity contribution in [2.45, 2.75) is 38.3 Å². The number of hydrogen-bond donors (Lipinski definition) is 0. The summed E-state index contributed by atoms with van der Waals surface area (Å²) >= 11 is 0. The fourth-order valence-corrected chi connectivity index (χ4v) is 3.23. The number of carbonyl (C=O) groups is 1. The Kier molecular flexibility index (Phi) is 5.29. The number of nitrogens with zero attached hydrogens (tertiary/aromatic N) is 5. The largest absolute Gasteiger partial charge is 0.497 e. The minimum absolute atomic E-state index is 0.00268. The third-order valence-electron chi connectivity index (χ3n) is 4.51. The maximum absolute atomic E-state index is 12.9. The molecule has 0 radical (unpaired) electrons. The van der Waals surface area contributed by atoms with Gasteiger partial charge in [-0.15, -0.1) is 5.10 Å². The molecule has 1 aromatic heterocycles. The quantitative estimate of drug-likeness (QED) is 0.853. The maximum Gasteiger partial charge on any atom is 0.252 e. The molecule has 2 aromatic rings. The van der Waals surface area contributed by atoms with Crippen molar-refractivity contribution in [3.63, 3.8) is 0 Å². The molecular formula is C18H21N5O2. The van der Waals surface area contributed by atoms with Crippen LogP contribution in [0.3, 0.4) is 0 Å². The van der Waals surface area contributed by atoms with E-state index in [1.165, 1.54) is 11.0 Å². The van der Waals surface area contributed by atoms with Crippen LogP contribution in [0.4, 0.5) is 0 Å². The van der Waals surface area contributed by atoms with Gasteiger partial charge in [0.15, 0.2) is 0 Å². The second kappa shape index (κ2) is 7.79. The Morgan fingerprint density at radius 1 is 1.32 bits per heavy atom. The monoisotopic (exact) mass is 339 g/mol. The van der Waals surface area contributed by atoms with E-state index in [1.807, 2.05) is 35.2 Å². The third kappa shape index (κ3) is 3.97. The first kappa shape index (κ1) is 17.0. The van der Waals surface area contributed by atoms with Crippen LogP contribution in [0.1, 0.15) is 43.1 Å². The van der Waals surface area contributed by atoms with Crippen LogP contribution < -0.4 is 4.74 Å². The lowest BCUT2D eigenvalue weighted by atomic mass is 10.0. The Labute approximate surface area is 146 Å². The minimum atomic E-state index is -0.00268. The molecule has 1 amide bonds. The molecule has 0 bridgehead atoms. The molecule has 7 nitrogen and oxygen atoms in total. The van der Waals surface area contributed by atoms with Gasteiger partial charge in [0.2, 0.25) is 5.91 Å². The van der Waals surface area contributed by atoms with E-state index in [1.54, 1.807) is 7.11 Å². The lowest BCUT2D eigenvalue weighted by molar-refractivity contribution is -0.134. The summed E-state index contributed by atoms with van der Waals surface area (Å²) in [7, 11) is 1.64. The van der Waals surface area contributed by atoms with Gasteiger partial charge in [-0.25, -0.2) is 9.67 Å². The highest BCUT2D eigenvalue weighted by molar-refractivity contribution is 5.76.